The molecular weight excluding hydrogens is 284 g/mol. The molecule has 0 saturated heterocycles. The molecule has 0 aliphatic carbocycles. The van der Waals surface area contributed by atoms with Crippen LogP contribution >= 0.6 is 11.6 Å². The number of aryl methyl sites for hydroxylation is 1. The first-order chi connectivity index (χ1) is 10.2. The van der Waals surface area contributed by atoms with Crippen LogP contribution in [0.4, 0.5) is 0 Å². The average molecular weight is 295 g/mol. The lowest BCUT2D eigenvalue weighted by Gasteiger charge is -2.07. The minimum atomic E-state index is 0.643. The van der Waals surface area contributed by atoms with Gasteiger partial charge in [-0.15, -0.1) is 0 Å². The summed E-state index contributed by atoms with van der Waals surface area (Å²) in [5.74, 6) is 0. The van der Waals surface area contributed by atoms with Gasteiger partial charge in [-0.2, -0.15) is 0 Å². The molecule has 1 aromatic carbocycles. The third-order valence-corrected chi connectivity index (χ3v) is 3.80. The van der Waals surface area contributed by atoms with Gasteiger partial charge in [-0.25, -0.2) is 0 Å². The number of fused-ring (bicyclic) bond motifs is 2. The average Bonchev–Trinajstić information content (AvgIpc) is 2.87. The number of nitrogens with zero attached hydrogens (tertiary/aromatic N) is 4. The van der Waals surface area contributed by atoms with Crippen molar-refractivity contribution in [3.05, 3.63) is 54.1 Å². The Hall–Kier alpha value is -2.46. The van der Waals surface area contributed by atoms with Gasteiger partial charge in [-0.1, -0.05) is 11.6 Å². The van der Waals surface area contributed by atoms with Crippen molar-refractivity contribution in [3.63, 3.8) is 0 Å². The molecule has 0 aliphatic heterocycles. The molecular formula is C16H11ClN4. The highest BCUT2D eigenvalue weighted by Gasteiger charge is 2.10. The van der Waals surface area contributed by atoms with Crippen molar-refractivity contribution in [3.8, 4) is 11.1 Å². The lowest BCUT2D eigenvalue weighted by Crippen LogP contribution is -1.90. The van der Waals surface area contributed by atoms with Crippen LogP contribution in [-0.4, -0.2) is 19.5 Å². The van der Waals surface area contributed by atoms with Crippen LogP contribution in [0, 0.1) is 0 Å². The number of benzene rings is 1. The number of pyridine rings is 1. The highest BCUT2D eigenvalue weighted by atomic mass is 35.5. The van der Waals surface area contributed by atoms with Crippen molar-refractivity contribution < 1.29 is 0 Å². The van der Waals surface area contributed by atoms with E-state index in [1.54, 1.807) is 12.4 Å². The summed E-state index contributed by atoms with van der Waals surface area (Å²) in [6.45, 7) is 0. The summed E-state index contributed by atoms with van der Waals surface area (Å²) in [5.41, 5.74) is 5.59. The summed E-state index contributed by atoms with van der Waals surface area (Å²) < 4.78 is 2.05. The molecule has 5 heteroatoms. The standard InChI is InChI=1S/C16H11ClN4/c1-21-5-2-13-15(21)6-10(9-20-13)12-7-11(17)8-14-16(12)19-4-3-18-14/h2-9H,1H3. The van der Waals surface area contributed by atoms with Crippen LogP contribution in [-0.2, 0) is 7.05 Å². The van der Waals surface area contributed by atoms with Gasteiger partial charge in [-0.3, -0.25) is 15.0 Å². The summed E-state index contributed by atoms with van der Waals surface area (Å²) in [7, 11) is 2.00. The number of aromatic nitrogens is 4. The summed E-state index contributed by atoms with van der Waals surface area (Å²) in [6.07, 6.45) is 7.20. The molecule has 0 unspecified atom stereocenters. The minimum Gasteiger partial charge on any atom is -0.349 e. The molecule has 4 aromatic rings. The molecule has 0 saturated carbocycles. The fourth-order valence-corrected chi connectivity index (χ4v) is 2.76. The maximum absolute atomic E-state index is 6.21. The van der Waals surface area contributed by atoms with Crippen LogP contribution in [0.5, 0.6) is 0 Å². The number of hydrogen-bond acceptors (Lipinski definition) is 3. The lowest BCUT2D eigenvalue weighted by molar-refractivity contribution is 0.968. The van der Waals surface area contributed by atoms with Gasteiger partial charge in [0.2, 0.25) is 0 Å². The molecule has 0 spiro atoms. The van der Waals surface area contributed by atoms with Gasteiger partial charge in [-0.05, 0) is 24.3 Å². The predicted molar refractivity (Wildman–Crippen MR) is 84.3 cm³/mol. The van der Waals surface area contributed by atoms with Crippen LogP contribution in [0.25, 0.3) is 33.2 Å². The molecule has 21 heavy (non-hydrogen) atoms. The molecule has 0 bridgehead atoms. The fraction of sp³-hybridized carbons (Fsp3) is 0.0625. The Morgan fingerprint density at radius 3 is 2.76 bits per heavy atom. The van der Waals surface area contributed by atoms with Gasteiger partial charge in [0.1, 0.15) is 0 Å². The van der Waals surface area contributed by atoms with Crippen molar-refractivity contribution >= 4 is 33.7 Å². The van der Waals surface area contributed by atoms with Crippen LogP contribution in [0.3, 0.4) is 0 Å². The summed E-state index contributed by atoms with van der Waals surface area (Å²) in [4.78, 5) is 13.3. The molecule has 4 rings (SSSR count). The molecule has 0 fully saturated rings. The van der Waals surface area contributed by atoms with Gasteiger partial charge in [0.25, 0.3) is 0 Å². The number of rotatable bonds is 1. The van der Waals surface area contributed by atoms with E-state index in [-0.39, 0.29) is 0 Å². The molecule has 0 atom stereocenters. The molecule has 4 nitrogen and oxygen atoms in total. The largest absolute Gasteiger partial charge is 0.349 e. The third-order valence-electron chi connectivity index (χ3n) is 3.58. The summed E-state index contributed by atoms with van der Waals surface area (Å²) >= 11 is 6.21. The highest BCUT2D eigenvalue weighted by molar-refractivity contribution is 6.31. The van der Waals surface area contributed by atoms with E-state index in [4.69, 9.17) is 11.6 Å². The molecule has 102 valence electrons. The minimum absolute atomic E-state index is 0.643. The Balaban J connectivity index is 2.05. The highest BCUT2D eigenvalue weighted by Crippen LogP contribution is 2.30. The third kappa shape index (κ3) is 1.96. The Kier molecular flexibility index (Phi) is 2.65. The molecule has 0 N–H and O–H groups in total. The Labute approximate surface area is 126 Å². The first-order valence-electron chi connectivity index (χ1n) is 6.54. The van der Waals surface area contributed by atoms with E-state index in [1.165, 1.54) is 0 Å². The van der Waals surface area contributed by atoms with Crippen LogP contribution in [0.15, 0.2) is 49.1 Å². The molecule has 0 aliphatic rings. The number of hydrogen-bond donors (Lipinski definition) is 0. The van der Waals surface area contributed by atoms with Crippen molar-refractivity contribution in [1.82, 2.24) is 19.5 Å². The second-order valence-electron chi connectivity index (χ2n) is 4.93. The zero-order valence-corrected chi connectivity index (χ0v) is 12.0. The zero-order chi connectivity index (χ0) is 14.4. The quantitative estimate of drug-likeness (QED) is 0.536. The molecule has 3 aromatic heterocycles. The Morgan fingerprint density at radius 2 is 1.86 bits per heavy atom. The van der Waals surface area contributed by atoms with Crippen LogP contribution in [0.2, 0.25) is 5.02 Å². The molecule has 0 amide bonds. The Morgan fingerprint density at radius 1 is 1.00 bits per heavy atom. The van der Waals surface area contributed by atoms with Gasteiger partial charge >= 0.3 is 0 Å². The van der Waals surface area contributed by atoms with Gasteiger partial charge in [0.15, 0.2) is 0 Å². The van der Waals surface area contributed by atoms with Gasteiger partial charge in [0.05, 0.1) is 22.1 Å². The van der Waals surface area contributed by atoms with E-state index in [9.17, 15) is 0 Å². The van der Waals surface area contributed by atoms with Crippen LogP contribution in [0.1, 0.15) is 0 Å². The Bertz CT molecular complexity index is 975. The first kappa shape index (κ1) is 12.3. The van der Waals surface area contributed by atoms with E-state index >= 15 is 0 Å². The maximum atomic E-state index is 6.21. The van der Waals surface area contributed by atoms with Crippen molar-refractivity contribution in [2.45, 2.75) is 0 Å². The first-order valence-corrected chi connectivity index (χ1v) is 6.92. The summed E-state index contributed by atoms with van der Waals surface area (Å²) in [6, 6.07) is 7.82. The molecule has 3 heterocycles. The zero-order valence-electron chi connectivity index (χ0n) is 11.3. The number of halogens is 1. The lowest BCUT2D eigenvalue weighted by atomic mass is 10.1. The van der Waals surface area contributed by atoms with Gasteiger partial charge in [0, 0.05) is 48.0 Å². The van der Waals surface area contributed by atoms with E-state index < -0.39 is 0 Å². The maximum Gasteiger partial charge on any atom is 0.0966 e. The second kappa shape index (κ2) is 4.53. The van der Waals surface area contributed by atoms with E-state index in [0.29, 0.717) is 5.02 Å². The van der Waals surface area contributed by atoms with Crippen molar-refractivity contribution in [1.29, 1.82) is 0 Å². The SMILES string of the molecule is Cn1ccc2ncc(-c3cc(Cl)cc4nccnc34)cc21. The normalized spacial score (nSPS) is 11.3. The predicted octanol–water partition coefficient (Wildman–Crippen LogP) is 3.84. The fourth-order valence-electron chi connectivity index (χ4n) is 2.55. The van der Waals surface area contributed by atoms with Crippen LogP contribution < -0.4 is 0 Å². The smallest absolute Gasteiger partial charge is 0.0966 e. The second-order valence-corrected chi connectivity index (χ2v) is 5.37. The van der Waals surface area contributed by atoms with E-state index in [2.05, 4.69) is 21.0 Å². The van der Waals surface area contributed by atoms with Crippen molar-refractivity contribution in [2.24, 2.45) is 7.05 Å². The van der Waals surface area contributed by atoms with E-state index in [0.717, 1.165) is 33.2 Å². The van der Waals surface area contributed by atoms with E-state index in [1.807, 2.05) is 42.2 Å². The molecule has 0 radical (unpaired) electrons. The monoisotopic (exact) mass is 294 g/mol. The van der Waals surface area contributed by atoms with Crippen molar-refractivity contribution in [2.75, 3.05) is 0 Å². The topological polar surface area (TPSA) is 43.6 Å². The summed E-state index contributed by atoms with van der Waals surface area (Å²) in [5, 5.41) is 0.643. The van der Waals surface area contributed by atoms with Gasteiger partial charge < -0.3 is 4.57 Å².